The fourth-order valence-corrected chi connectivity index (χ4v) is 4.62. The molecule has 1 aromatic rings. The van der Waals surface area contributed by atoms with Gasteiger partial charge < -0.3 is 21.1 Å². The van der Waals surface area contributed by atoms with E-state index in [9.17, 15) is 14.4 Å². The number of nitrogens with zero attached hydrogens (tertiary/aromatic N) is 2. The van der Waals surface area contributed by atoms with E-state index in [2.05, 4.69) is 17.2 Å². The van der Waals surface area contributed by atoms with E-state index in [1.807, 2.05) is 11.8 Å². The molecule has 1 aliphatic heterocycles. The highest BCUT2D eigenvalue weighted by molar-refractivity contribution is 8.93. The molecule has 33 heavy (non-hydrogen) atoms. The first kappa shape index (κ1) is 28.6. The molecule has 9 nitrogen and oxygen atoms in total. The zero-order valence-corrected chi connectivity index (χ0v) is 21.4. The number of benzene rings is 1. The lowest BCUT2D eigenvalue weighted by Gasteiger charge is -2.25. The zero-order valence-electron chi connectivity index (χ0n) is 18.9. The van der Waals surface area contributed by atoms with E-state index in [1.54, 1.807) is 24.3 Å². The third-order valence-corrected chi connectivity index (χ3v) is 6.60. The van der Waals surface area contributed by atoms with Gasteiger partial charge in [0.2, 0.25) is 5.91 Å². The topological polar surface area (TPSA) is 149 Å². The van der Waals surface area contributed by atoms with Gasteiger partial charge in [0, 0.05) is 30.3 Å². The van der Waals surface area contributed by atoms with E-state index in [0.717, 1.165) is 25.7 Å². The van der Waals surface area contributed by atoms with E-state index in [0.29, 0.717) is 22.8 Å². The summed E-state index contributed by atoms with van der Waals surface area (Å²) in [6.45, 7) is 4.79. The molecule has 2 atom stereocenters. The Labute approximate surface area is 208 Å². The number of nitrogen functional groups attached to an aromatic ring is 1. The first-order valence-corrected chi connectivity index (χ1v) is 11.6. The Morgan fingerprint density at radius 3 is 2.39 bits per heavy atom. The molecular formula is C22H32BrN5O4S. The maximum absolute atomic E-state index is 12.8. The van der Waals surface area contributed by atoms with Crippen molar-refractivity contribution in [3.05, 3.63) is 35.4 Å². The highest BCUT2D eigenvalue weighted by Crippen LogP contribution is 2.32. The number of carbonyl (C=O) groups is 3. The second kappa shape index (κ2) is 14.0. The second-order valence-electron chi connectivity index (χ2n) is 7.66. The van der Waals surface area contributed by atoms with Crippen LogP contribution in [0.15, 0.2) is 29.3 Å². The van der Waals surface area contributed by atoms with E-state index >= 15 is 0 Å². The molecule has 11 heteroatoms. The Balaban J connectivity index is 0.00000544. The van der Waals surface area contributed by atoms with Gasteiger partial charge in [0.05, 0.1) is 6.42 Å². The zero-order chi connectivity index (χ0) is 23.7. The molecule has 1 aromatic carbocycles. The van der Waals surface area contributed by atoms with Crippen molar-refractivity contribution in [2.45, 2.75) is 57.2 Å². The number of unbranched alkanes of at least 4 members (excludes halogenated alkanes) is 3. The summed E-state index contributed by atoms with van der Waals surface area (Å²) in [4.78, 5) is 42.4. The Bertz CT molecular complexity index is 878. The van der Waals surface area contributed by atoms with E-state index in [4.69, 9.17) is 16.2 Å². The molecule has 0 saturated carbocycles. The summed E-state index contributed by atoms with van der Waals surface area (Å²) >= 11 is 1.23. The van der Waals surface area contributed by atoms with Crippen LogP contribution in [0.25, 0.3) is 0 Å². The quantitative estimate of drug-likeness (QED) is 0.191. The number of nitrogens with two attached hydrogens (primary N) is 1. The molecule has 0 aliphatic carbocycles. The van der Waals surface area contributed by atoms with Crippen molar-refractivity contribution in [2.75, 3.05) is 13.1 Å². The number of thioether (sulfide) groups is 1. The maximum atomic E-state index is 12.8. The smallest absolute Gasteiger partial charge is 0.305 e. The summed E-state index contributed by atoms with van der Waals surface area (Å²) in [5.41, 5.74) is 6.35. The molecule has 0 bridgehead atoms. The largest absolute Gasteiger partial charge is 0.481 e. The fourth-order valence-electron chi connectivity index (χ4n) is 3.33. The lowest BCUT2D eigenvalue weighted by Crippen LogP contribution is -2.43. The van der Waals surface area contributed by atoms with Crippen molar-refractivity contribution in [3.63, 3.8) is 0 Å². The monoisotopic (exact) mass is 541 g/mol. The Kier molecular flexibility index (Phi) is 12.1. The summed E-state index contributed by atoms with van der Waals surface area (Å²) in [5.74, 6) is -1.74. The predicted octanol–water partition coefficient (Wildman–Crippen LogP) is 3.02. The van der Waals surface area contributed by atoms with Crippen molar-refractivity contribution < 1.29 is 19.5 Å². The lowest BCUT2D eigenvalue weighted by atomic mass is 10.1. The molecule has 1 saturated heterocycles. The third-order valence-electron chi connectivity index (χ3n) is 5.20. The van der Waals surface area contributed by atoms with Crippen LogP contribution < -0.4 is 11.1 Å². The second-order valence-corrected chi connectivity index (χ2v) is 8.77. The number of aliphatic carboxylic acids is 1. The van der Waals surface area contributed by atoms with Crippen LogP contribution in [-0.4, -0.2) is 63.2 Å². The number of rotatable bonds is 11. The number of nitrogens with one attached hydrogen (secondary N) is 2. The number of carboxylic acid groups (broad SMARTS) is 1. The van der Waals surface area contributed by atoms with Crippen molar-refractivity contribution in [1.29, 1.82) is 5.41 Å². The molecule has 5 N–H and O–H groups in total. The predicted molar refractivity (Wildman–Crippen MR) is 136 cm³/mol. The first-order chi connectivity index (χ1) is 15.2. The van der Waals surface area contributed by atoms with Gasteiger partial charge in [0.1, 0.15) is 11.1 Å². The summed E-state index contributed by atoms with van der Waals surface area (Å²) < 4.78 is 0. The molecule has 2 amide bonds. The lowest BCUT2D eigenvalue weighted by molar-refractivity contribution is -0.136. The molecule has 2 rings (SSSR count). The van der Waals surface area contributed by atoms with Crippen molar-refractivity contribution in [2.24, 2.45) is 10.7 Å². The van der Waals surface area contributed by atoms with Gasteiger partial charge in [-0.25, -0.2) is 0 Å². The van der Waals surface area contributed by atoms with Crippen LogP contribution >= 0.6 is 28.7 Å². The molecule has 0 radical (unpaired) electrons. The van der Waals surface area contributed by atoms with E-state index < -0.39 is 17.1 Å². The minimum absolute atomic E-state index is 0. The Morgan fingerprint density at radius 1 is 1.18 bits per heavy atom. The van der Waals surface area contributed by atoms with Gasteiger partial charge in [-0.2, -0.15) is 4.99 Å². The van der Waals surface area contributed by atoms with Gasteiger partial charge in [-0.15, -0.1) is 17.0 Å². The van der Waals surface area contributed by atoms with Crippen molar-refractivity contribution in [3.8, 4) is 0 Å². The summed E-state index contributed by atoms with van der Waals surface area (Å²) in [6.07, 6.45) is 4.05. The van der Waals surface area contributed by atoms with Gasteiger partial charge in [-0.1, -0.05) is 50.1 Å². The summed E-state index contributed by atoms with van der Waals surface area (Å²) in [6, 6.07) is 6.17. The number of hydrogen-bond acceptors (Lipinski definition) is 5. The average Bonchev–Trinajstić information content (AvgIpc) is 3.06. The number of aliphatic imine (C=N–C) groups is 1. The molecule has 0 aromatic heterocycles. The minimum atomic E-state index is -0.974. The van der Waals surface area contributed by atoms with E-state index in [-0.39, 0.29) is 47.7 Å². The SMILES string of the molecule is Br.CCCCCCN1C(=NC(=O)c2ccc(C(=N)N)cc2)SC(C(=O)NCCC(=O)O)C1C. The van der Waals surface area contributed by atoms with Crippen LogP contribution in [-0.2, 0) is 9.59 Å². The Morgan fingerprint density at radius 2 is 1.82 bits per heavy atom. The fraction of sp³-hybridized carbons (Fsp3) is 0.500. The summed E-state index contributed by atoms with van der Waals surface area (Å²) in [7, 11) is 0. The van der Waals surface area contributed by atoms with Gasteiger partial charge in [-0.3, -0.25) is 19.8 Å². The highest BCUT2D eigenvalue weighted by Gasteiger charge is 2.40. The summed E-state index contributed by atoms with van der Waals surface area (Å²) in [5, 5.41) is 18.9. The number of carbonyl (C=O) groups excluding carboxylic acids is 2. The molecule has 2 unspecified atom stereocenters. The number of hydrogen-bond donors (Lipinski definition) is 4. The van der Waals surface area contributed by atoms with Crippen LogP contribution in [0, 0.1) is 5.41 Å². The van der Waals surface area contributed by atoms with Crippen LogP contribution in [0.5, 0.6) is 0 Å². The van der Waals surface area contributed by atoms with Gasteiger partial charge in [-0.05, 0) is 25.5 Å². The van der Waals surface area contributed by atoms with Gasteiger partial charge in [0.15, 0.2) is 5.17 Å². The van der Waals surface area contributed by atoms with Gasteiger partial charge >= 0.3 is 5.97 Å². The number of amides is 2. The van der Waals surface area contributed by atoms with E-state index in [1.165, 1.54) is 11.8 Å². The molecule has 1 heterocycles. The molecule has 0 spiro atoms. The van der Waals surface area contributed by atoms with Crippen LogP contribution in [0.2, 0.25) is 0 Å². The van der Waals surface area contributed by atoms with Crippen molar-refractivity contribution >= 4 is 57.5 Å². The number of carboxylic acids is 1. The average molecular weight is 543 g/mol. The first-order valence-electron chi connectivity index (χ1n) is 10.7. The molecule has 182 valence electrons. The Hall–Kier alpha value is -2.40. The molecular weight excluding hydrogens is 510 g/mol. The van der Waals surface area contributed by atoms with Crippen LogP contribution in [0.4, 0.5) is 0 Å². The number of amidine groups is 2. The van der Waals surface area contributed by atoms with Crippen molar-refractivity contribution in [1.82, 2.24) is 10.2 Å². The minimum Gasteiger partial charge on any atom is -0.481 e. The van der Waals surface area contributed by atoms with Crippen LogP contribution in [0.3, 0.4) is 0 Å². The standard InChI is InChI=1S/C22H31N5O4S.BrH/c1-3-4-5-6-13-27-14(2)18(21(31)25-12-11-17(28)29)32-22(27)26-20(30)16-9-7-15(8-10-16)19(23)24;/h7-10,14,18H,3-6,11-13H2,1-2H3,(H3,23,24)(H,25,31)(H,28,29);1H. The van der Waals surface area contributed by atoms with Gasteiger partial charge in [0.25, 0.3) is 5.91 Å². The third kappa shape index (κ3) is 8.47. The highest BCUT2D eigenvalue weighted by atomic mass is 79.9. The van der Waals surface area contributed by atoms with Crippen LogP contribution in [0.1, 0.15) is 61.9 Å². The maximum Gasteiger partial charge on any atom is 0.305 e. The normalized spacial score (nSPS) is 18.6. The number of halogens is 1. The molecule has 1 aliphatic rings. The molecule has 1 fully saturated rings.